The van der Waals surface area contributed by atoms with Gasteiger partial charge in [0.2, 0.25) is 11.3 Å². The van der Waals surface area contributed by atoms with Crippen molar-refractivity contribution < 1.29 is 99.1 Å². The highest BCUT2D eigenvalue weighted by molar-refractivity contribution is 8.77. The number of phosphoric acid groups is 3. The Balaban J connectivity index is 0.561. The molecule has 94 heavy (non-hydrogen) atoms. The van der Waals surface area contributed by atoms with E-state index in [1.165, 1.54) is 78.2 Å². The van der Waals surface area contributed by atoms with Gasteiger partial charge in [0.15, 0.2) is 11.5 Å². The van der Waals surface area contributed by atoms with E-state index in [1.54, 1.807) is 12.1 Å². The van der Waals surface area contributed by atoms with E-state index in [1.807, 2.05) is 13.8 Å². The highest BCUT2D eigenvalue weighted by Gasteiger charge is 2.44. The lowest BCUT2D eigenvalue weighted by Gasteiger charge is -2.39. The Morgan fingerprint density at radius 2 is 1.51 bits per heavy atom. The molecule has 6 aliphatic rings. The van der Waals surface area contributed by atoms with Crippen LogP contribution in [0.25, 0.3) is 16.7 Å². The minimum absolute atomic E-state index is 0.0527. The molecule has 35 heteroatoms. The van der Waals surface area contributed by atoms with Gasteiger partial charge in [-0.15, -0.1) is 0 Å². The fraction of sp³-hybridized carbons (Fsp3) is 0.542. The van der Waals surface area contributed by atoms with Gasteiger partial charge in [0.1, 0.15) is 54.7 Å². The molecule has 0 radical (unpaired) electrons. The second kappa shape index (κ2) is 30.5. The highest BCUT2D eigenvalue weighted by Crippen LogP contribution is 2.66. The monoisotopic (exact) mass is 1400 g/mol. The summed E-state index contributed by atoms with van der Waals surface area (Å²) in [6.45, 7) is 9.65. The summed E-state index contributed by atoms with van der Waals surface area (Å²) in [5, 5.41) is 21.1. The number of carbonyl (C=O) groups excluding carboxylic acids is 3. The van der Waals surface area contributed by atoms with E-state index in [0.29, 0.717) is 31.0 Å². The van der Waals surface area contributed by atoms with Gasteiger partial charge in [0.25, 0.3) is 5.91 Å². The number of benzene rings is 3. The number of aryl methyl sites for hydroxylation is 2. The molecule has 0 bridgehead atoms. The molecule has 2 aromatic heterocycles. The molecule has 2 amide bonds. The third kappa shape index (κ3) is 17.1. The number of amides is 2. The summed E-state index contributed by atoms with van der Waals surface area (Å²) in [7, 11) is -14.1. The topological polar surface area (TPSA) is 399 Å². The number of ether oxygens (including phenoxy) is 7. The standard InChI is InChI=1S/C59H76N9O21P3S2/c1-59(2,94-93-35-84-45-30-48(68-34-65-50-55(60)63-33-64-56(50)68)86-46(45)31-85-91(76,77)89-92(78,79)88-90(73,74)75)32-62-47(69)13-19-80-21-23-82-25-26-83-24-22-81-20-14-61-57(70)38-11-12-39(42(29-38)58(71)72)49-43-27-36-7-3-15-66-17-5-9-40(51(36)66)53(43)87-54-41-10-6-18-67-16-4-8-37(52(41)67)28-44(49)54/h11-12,27-29,33-34,45-46,48H,3-10,13-26,30-32,35H2,1-2H3,(H8-,60,61,62,63,64,69,70,71,72,73,74,75,76,77,78,79)/t45?,46-,48-/m1/s1. The number of imidazole rings is 1. The van der Waals surface area contributed by atoms with Crippen molar-refractivity contribution in [2.45, 2.75) is 101 Å². The number of nitrogens with two attached hydrogens (primary N) is 1. The first-order valence-electron chi connectivity index (χ1n) is 31.0. The zero-order valence-corrected chi connectivity index (χ0v) is 56.1. The number of anilines is 2. The molecular weight excluding hydrogens is 1330 g/mol. The van der Waals surface area contributed by atoms with Gasteiger partial charge in [-0.25, -0.2) is 33.2 Å². The second-order valence-electron chi connectivity index (χ2n) is 23.7. The van der Waals surface area contributed by atoms with E-state index in [0.717, 1.165) is 105 Å². The first kappa shape index (κ1) is 69.9. The first-order chi connectivity index (χ1) is 45.0. The number of hydrogen-bond acceptors (Lipinski definition) is 24. The van der Waals surface area contributed by atoms with Crippen molar-refractivity contribution in [3.8, 4) is 11.5 Å². The molecule has 11 rings (SSSR count). The summed E-state index contributed by atoms with van der Waals surface area (Å²) in [4.78, 5) is 91.7. The van der Waals surface area contributed by atoms with Gasteiger partial charge < -0.3 is 83.9 Å². The average molecular weight is 1400 g/mol. The van der Waals surface area contributed by atoms with Crippen LogP contribution < -0.4 is 46.3 Å². The van der Waals surface area contributed by atoms with Crippen LogP contribution in [0, 0.1) is 0 Å². The minimum Gasteiger partial charge on any atom is -0.545 e. The number of nitrogens with one attached hydrogen (secondary N) is 2. The van der Waals surface area contributed by atoms with E-state index in [9.17, 15) is 43.0 Å². The SMILES string of the molecule is CC(C)(CNC(=O)CCOCCOCCOCCOCCNC(=O)c1ccc(C2=c3cc4c5c(c3Oc3c2cc2c6c3CCCN6CCC2)CCC[N+]=5CCC4)c(C(=O)[O-])c1)SSCOC1C[C@H](n2cnc3c(N)ncnc32)O[C@@H]1COP(=O)(O)OP(=O)(O)OP(=O)(O)O. The van der Waals surface area contributed by atoms with Crippen LogP contribution in [0.2, 0.25) is 0 Å². The molecule has 5 atom stereocenters. The third-order valence-electron chi connectivity index (χ3n) is 16.6. The maximum Gasteiger partial charge on any atom is 0.490 e. The molecule has 0 spiro atoms. The number of carboxylic acids is 1. The van der Waals surface area contributed by atoms with E-state index in [-0.39, 0.29) is 93.3 Å². The Labute approximate surface area is 548 Å². The molecule has 510 valence electrons. The largest absolute Gasteiger partial charge is 0.545 e. The van der Waals surface area contributed by atoms with Gasteiger partial charge in [-0.05, 0) is 87.8 Å². The van der Waals surface area contributed by atoms with Crippen LogP contribution in [-0.4, -0.2) is 179 Å². The molecule has 3 aromatic carbocycles. The lowest BCUT2D eigenvalue weighted by atomic mass is 9.81. The Kier molecular flexibility index (Phi) is 22.7. The lowest BCUT2D eigenvalue weighted by Crippen LogP contribution is -2.45. The van der Waals surface area contributed by atoms with Gasteiger partial charge in [-0.2, -0.15) is 8.62 Å². The normalized spacial score (nSPS) is 19.6. The lowest BCUT2D eigenvalue weighted by molar-refractivity contribution is -0.255. The summed E-state index contributed by atoms with van der Waals surface area (Å²) < 4.78 is 93.3. The highest BCUT2D eigenvalue weighted by atomic mass is 33.1. The van der Waals surface area contributed by atoms with Gasteiger partial charge >= 0.3 is 23.5 Å². The molecular formula is C59H76N9O21P3S2. The fourth-order valence-electron chi connectivity index (χ4n) is 12.6. The fourth-order valence-corrected chi connectivity index (χ4v) is 17.8. The molecule has 0 saturated carbocycles. The van der Waals surface area contributed by atoms with Crippen LogP contribution in [-0.2, 0) is 85.7 Å². The molecule has 3 unspecified atom stereocenters. The molecule has 8 heterocycles. The van der Waals surface area contributed by atoms with Crippen LogP contribution >= 0.6 is 45.1 Å². The maximum absolute atomic E-state index is 13.5. The molecule has 30 nitrogen and oxygen atoms in total. The van der Waals surface area contributed by atoms with Crippen molar-refractivity contribution in [1.82, 2.24) is 34.7 Å². The Hall–Kier alpha value is -5.44. The number of carbonyl (C=O) groups is 3. The average Bonchev–Trinajstić information content (AvgIpc) is 0.763. The predicted octanol–water partition coefficient (Wildman–Crippen LogP) is 3.34. The third-order valence-corrected chi connectivity index (χ3v) is 23.3. The summed E-state index contributed by atoms with van der Waals surface area (Å²) >= 11 is 0. The van der Waals surface area contributed by atoms with Crippen LogP contribution in [0.3, 0.4) is 0 Å². The van der Waals surface area contributed by atoms with Crippen LogP contribution in [0.15, 0.2) is 43.0 Å². The summed E-state index contributed by atoms with van der Waals surface area (Å²) in [6, 6.07) is 9.31. The molecule has 6 aliphatic heterocycles. The number of nitrogens with zero attached hydrogens (tertiary/aromatic N) is 6. The Morgan fingerprint density at radius 1 is 0.809 bits per heavy atom. The Morgan fingerprint density at radius 3 is 2.26 bits per heavy atom. The predicted molar refractivity (Wildman–Crippen MR) is 341 cm³/mol. The van der Waals surface area contributed by atoms with Crippen molar-refractivity contribution in [3.63, 3.8) is 0 Å². The summed E-state index contributed by atoms with van der Waals surface area (Å²) in [5.74, 6) is -0.234. The van der Waals surface area contributed by atoms with Gasteiger partial charge in [-0.3, -0.25) is 18.7 Å². The van der Waals surface area contributed by atoms with Gasteiger partial charge in [0, 0.05) is 101 Å². The molecule has 1 saturated heterocycles. The van der Waals surface area contributed by atoms with Crippen molar-refractivity contribution in [2.24, 2.45) is 0 Å². The molecule has 5 aromatic rings. The molecule has 0 aliphatic carbocycles. The number of aromatic carboxylic acids is 1. The number of phosphoric ester groups is 1. The van der Waals surface area contributed by atoms with E-state index in [2.05, 4.69) is 55.8 Å². The van der Waals surface area contributed by atoms with Crippen LogP contribution in [0.5, 0.6) is 11.5 Å². The number of fused-ring (bicyclic) bond motifs is 5. The summed E-state index contributed by atoms with van der Waals surface area (Å²) in [5.41, 5.74) is 15.1. The smallest absolute Gasteiger partial charge is 0.490 e. The van der Waals surface area contributed by atoms with Crippen LogP contribution in [0.1, 0.15) is 113 Å². The number of aromatic nitrogens is 4. The number of hydrogen-bond donors (Lipinski definition) is 7. The van der Waals surface area contributed by atoms with E-state index >= 15 is 0 Å². The van der Waals surface area contributed by atoms with Crippen molar-refractivity contribution in [3.05, 3.63) is 98.1 Å². The van der Waals surface area contributed by atoms with Crippen LogP contribution in [0.4, 0.5) is 11.5 Å². The van der Waals surface area contributed by atoms with Crippen molar-refractivity contribution in [1.29, 1.82) is 0 Å². The van der Waals surface area contributed by atoms with Gasteiger partial charge in [0.05, 0.1) is 83.4 Å². The summed E-state index contributed by atoms with van der Waals surface area (Å²) in [6.07, 6.45) is 7.86. The van der Waals surface area contributed by atoms with Crippen molar-refractivity contribution in [2.75, 3.05) is 115 Å². The second-order valence-corrected chi connectivity index (χ2v) is 31.1. The number of carboxylic acid groups (broad SMARTS) is 1. The zero-order chi connectivity index (χ0) is 66.4. The molecule has 1 fully saturated rings. The van der Waals surface area contributed by atoms with Gasteiger partial charge in [-0.1, -0.05) is 27.7 Å². The maximum atomic E-state index is 13.5. The number of nitrogen functional groups attached to an aromatic ring is 1. The minimum atomic E-state index is -5.76. The van der Waals surface area contributed by atoms with Crippen molar-refractivity contribution >= 4 is 91.1 Å². The quantitative estimate of drug-likeness (QED) is 0.0102. The van der Waals surface area contributed by atoms with E-state index in [4.69, 9.17) is 53.2 Å². The van der Waals surface area contributed by atoms with E-state index < -0.39 is 65.1 Å². The first-order valence-corrected chi connectivity index (χ1v) is 37.8. The number of rotatable bonds is 33. The Bertz CT molecular complexity index is 3950. The zero-order valence-electron chi connectivity index (χ0n) is 51.8. The molecule has 8 N–H and O–H groups in total.